The second kappa shape index (κ2) is 6.23. The normalized spacial score (nSPS) is 20.8. The molecule has 24 heavy (non-hydrogen) atoms. The number of rotatable bonds is 2. The molecule has 0 bridgehead atoms. The van der Waals surface area contributed by atoms with Gasteiger partial charge in [0.15, 0.2) is 0 Å². The van der Waals surface area contributed by atoms with Gasteiger partial charge >= 0.3 is 6.09 Å². The maximum Gasteiger partial charge on any atom is 0.410 e. The predicted molar refractivity (Wildman–Crippen MR) is 98.5 cm³/mol. The molecule has 2 aromatic heterocycles. The van der Waals surface area contributed by atoms with Gasteiger partial charge in [0.2, 0.25) is 0 Å². The third-order valence-corrected chi connectivity index (χ3v) is 5.15. The van der Waals surface area contributed by atoms with Crippen molar-refractivity contribution in [2.45, 2.75) is 51.3 Å². The van der Waals surface area contributed by atoms with E-state index in [-0.39, 0.29) is 12.1 Å². The largest absolute Gasteiger partial charge is 0.444 e. The minimum atomic E-state index is -0.476. The number of halogens is 2. The first kappa shape index (κ1) is 17.5. The van der Waals surface area contributed by atoms with Crippen LogP contribution in [0.1, 0.15) is 39.7 Å². The van der Waals surface area contributed by atoms with Crippen LogP contribution < -0.4 is 0 Å². The first-order valence-electron chi connectivity index (χ1n) is 7.94. The van der Waals surface area contributed by atoms with E-state index in [2.05, 4.69) is 25.5 Å². The molecule has 5 nitrogen and oxygen atoms in total. The standard InChI is InChI=1S/C17H21BrClN3O2/c1-17(2,3)24-16(23)21(4)10-7-11(8-10)22-9-13(18)12-5-6-14(19)20-15(12)22/h5-6,9-11H,7-8H2,1-4H3/t10-,11-. The molecule has 1 amide bonds. The minimum absolute atomic E-state index is 0.181. The van der Waals surface area contributed by atoms with Crippen LogP contribution in [0.5, 0.6) is 0 Å². The summed E-state index contributed by atoms with van der Waals surface area (Å²) in [5.41, 5.74) is 0.397. The van der Waals surface area contributed by atoms with E-state index in [9.17, 15) is 4.79 Å². The van der Waals surface area contributed by atoms with Crippen LogP contribution in [0.3, 0.4) is 0 Å². The number of amides is 1. The van der Waals surface area contributed by atoms with Crippen LogP contribution in [0, 0.1) is 0 Å². The summed E-state index contributed by atoms with van der Waals surface area (Å²) >= 11 is 9.61. The zero-order valence-electron chi connectivity index (χ0n) is 14.2. The van der Waals surface area contributed by atoms with E-state index in [0.717, 1.165) is 28.3 Å². The van der Waals surface area contributed by atoms with Crippen LogP contribution in [-0.4, -0.2) is 39.2 Å². The molecule has 1 aliphatic carbocycles. The quantitative estimate of drug-likeness (QED) is 0.648. The average molecular weight is 415 g/mol. The predicted octanol–water partition coefficient (Wildman–Crippen LogP) is 5.02. The molecule has 0 aromatic carbocycles. The molecule has 130 valence electrons. The number of carbonyl (C=O) groups excluding carboxylic acids is 1. The third-order valence-electron chi connectivity index (χ3n) is 4.31. The fourth-order valence-corrected chi connectivity index (χ4v) is 3.60. The highest BCUT2D eigenvalue weighted by atomic mass is 79.9. The molecule has 0 spiro atoms. The van der Waals surface area contributed by atoms with Crippen molar-refractivity contribution in [1.29, 1.82) is 0 Å². The lowest BCUT2D eigenvalue weighted by atomic mass is 9.85. The lowest BCUT2D eigenvalue weighted by Crippen LogP contribution is -2.47. The molecular formula is C17H21BrClN3O2. The van der Waals surface area contributed by atoms with Gasteiger partial charge in [-0.25, -0.2) is 9.78 Å². The monoisotopic (exact) mass is 413 g/mol. The van der Waals surface area contributed by atoms with E-state index in [1.807, 2.05) is 33.0 Å². The molecular weight excluding hydrogens is 394 g/mol. The SMILES string of the molecule is CN(C(=O)OC(C)(C)C)[C@H]1C[C@H](n2cc(Br)c3ccc(Cl)nc32)C1. The van der Waals surface area contributed by atoms with Crippen LogP contribution in [0.2, 0.25) is 5.15 Å². The van der Waals surface area contributed by atoms with E-state index in [1.165, 1.54) is 0 Å². The van der Waals surface area contributed by atoms with Crippen molar-refractivity contribution >= 4 is 44.7 Å². The highest BCUT2D eigenvalue weighted by Crippen LogP contribution is 2.39. The maximum atomic E-state index is 12.2. The molecule has 0 saturated heterocycles. The third kappa shape index (κ3) is 3.40. The Labute approximate surface area is 155 Å². The zero-order valence-corrected chi connectivity index (χ0v) is 16.6. The number of pyridine rings is 1. The molecule has 7 heteroatoms. The second-order valence-electron chi connectivity index (χ2n) is 7.26. The number of carbonyl (C=O) groups is 1. The van der Waals surface area contributed by atoms with Crippen LogP contribution >= 0.6 is 27.5 Å². The Hall–Kier alpha value is -1.27. The number of ether oxygens (including phenoxy) is 1. The lowest BCUT2D eigenvalue weighted by molar-refractivity contribution is 0.00809. The molecule has 0 atom stereocenters. The minimum Gasteiger partial charge on any atom is -0.444 e. The molecule has 1 aliphatic rings. The van der Waals surface area contributed by atoms with E-state index >= 15 is 0 Å². The first-order chi connectivity index (χ1) is 11.2. The highest BCUT2D eigenvalue weighted by Gasteiger charge is 2.37. The van der Waals surface area contributed by atoms with E-state index in [0.29, 0.717) is 11.2 Å². The Bertz CT molecular complexity index is 778. The van der Waals surface area contributed by atoms with Gasteiger partial charge in [-0.3, -0.25) is 0 Å². The number of hydrogen-bond acceptors (Lipinski definition) is 3. The second-order valence-corrected chi connectivity index (χ2v) is 8.50. The van der Waals surface area contributed by atoms with Crippen molar-refractivity contribution < 1.29 is 9.53 Å². The molecule has 0 aliphatic heterocycles. The van der Waals surface area contributed by atoms with Gasteiger partial charge in [0.05, 0.1) is 0 Å². The zero-order chi connectivity index (χ0) is 17.6. The fraction of sp³-hybridized carbons (Fsp3) is 0.529. The maximum absolute atomic E-state index is 12.2. The summed E-state index contributed by atoms with van der Waals surface area (Å²) in [4.78, 5) is 18.3. The number of fused-ring (bicyclic) bond motifs is 1. The first-order valence-corrected chi connectivity index (χ1v) is 9.11. The molecule has 2 aromatic rings. The Morgan fingerprint density at radius 1 is 1.42 bits per heavy atom. The summed E-state index contributed by atoms with van der Waals surface area (Å²) in [5, 5.41) is 1.53. The van der Waals surface area contributed by atoms with Gasteiger partial charge in [-0.2, -0.15) is 0 Å². The Morgan fingerprint density at radius 3 is 2.71 bits per heavy atom. The van der Waals surface area contributed by atoms with Crippen LogP contribution in [0.15, 0.2) is 22.8 Å². The Kier molecular flexibility index (Phi) is 4.55. The van der Waals surface area contributed by atoms with Crippen molar-refractivity contribution in [3.63, 3.8) is 0 Å². The van der Waals surface area contributed by atoms with E-state index < -0.39 is 5.60 Å². The molecule has 0 unspecified atom stereocenters. The van der Waals surface area contributed by atoms with Gasteiger partial charge < -0.3 is 14.2 Å². The van der Waals surface area contributed by atoms with Crippen LogP contribution in [0.25, 0.3) is 11.0 Å². The van der Waals surface area contributed by atoms with Crippen molar-refractivity contribution in [3.8, 4) is 0 Å². The van der Waals surface area contributed by atoms with Gasteiger partial charge in [0.1, 0.15) is 16.4 Å². The molecule has 1 saturated carbocycles. The number of nitrogens with zero attached hydrogens (tertiary/aromatic N) is 3. The Morgan fingerprint density at radius 2 is 2.08 bits per heavy atom. The lowest BCUT2D eigenvalue weighted by Gasteiger charge is -2.42. The summed E-state index contributed by atoms with van der Waals surface area (Å²) < 4.78 is 8.58. The van der Waals surface area contributed by atoms with Gasteiger partial charge in [0.25, 0.3) is 0 Å². The van der Waals surface area contributed by atoms with E-state index in [4.69, 9.17) is 16.3 Å². The number of aromatic nitrogens is 2. The van der Waals surface area contributed by atoms with E-state index in [1.54, 1.807) is 18.0 Å². The van der Waals surface area contributed by atoms with Crippen molar-refractivity contribution in [2.75, 3.05) is 7.05 Å². The highest BCUT2D eigenvalue weighted by molar-refractivity contribution is 9.10. The molecule has 3 rings (SSSR count). The van der Waals surface area contributed by atoms with Crippen molar-refractivity contribution in [3.05, 3.63) is 28.0 Å². The van der Waals surface area contributed by atoms with Gasteiger partial charge in [0, 0.05) is 35.2 Å². The van der Waals surface area contributed by atoms with Crippen LogP contribution in [-0.2, 0) is 4.74 Å². The van der Waals surface area contributed by atoms with Crippen LogP contribution in [0.4, 0.5) is 4.79 Å². The summed E-state index contributed by atoms with van der Waals surface area (Å²) in [6, 6.07) is 4.24. The topological polar surface area (TPSA) is 47.4 Å². The molecule has 2 heterocycles. The molecule has 0 radical (unpaired) electrons. The number of hydrogen-bond donors (Lipinski definition) is 0. The van der Waals surface area contributed by atoms with Crippen molar-refractivity contribution in [1.82, 2.24) is 14.5 Å². The van der Waals surface area contributed by atoms with Gasteiger partial charge in [-0.15, -0.1) is 0 Å². The van der Waals surface area contributed by atoms with Crippen molar-refractivity contribution in [2.24, 2.45) is 0 Å². The van der Waals surface area contributed by atoms with Gasteiger partial charge in [-0.1, -0.05) is 11.6 Å². The smallest absolute Gasteiger partial charge is 0.410 e. The summed E-state index contributed by atoms with van der Waals surface area (Å²) in [6.45, 7) is 5.63. The summed E-state index contributed by atoms with van der Waals surface area (Å²) in [7, 11) is 1.80. The summed E-state index contributed by atoms with van der Waals surface area (Å²) in [5.74, 6) is 0. The molecule has 1 fully saturated rings. The Balaban J connectivity index is 1.71. The van der Waals surface area contributed by atoms with Gasteiger partial charge in [-0.05, 0) is 61.7 Å². The molecule has 0 N–H and O–H groups in total. The fourth-order valence-electron chi connectivity index (χ4n) is 2.93. The summed E-state index contributed by atoms with van der Waals surface area (Å²) in [6.07, 6.45) is 3.52. The average Bonchev–Trinajstić information content (AvgIpc) is 2.72.